The Morgan fingerprint density at radius 1 is 1.00 bits per heavy atom. The minimum Gasteiger partial charge on any atom is -0.497 e. The number of nitrogens with zero attached hydrogens (tertiary/aromatic N) is 2. The summed E-state index contributed by atoms with van der Waals surface area (Å²) in [6, 6.07) is 14.8. The topological polar surface area (TPSA) is 59.1 Å². The third-order valence-corrected chi connectivity index (χ3v) is 6.69. The van der Waals surface area contributed by atoms with E-state index in [1.54, 1.807) is 18.2 Å². The van der Waals surface area contributed by atoms with Gasteiger partial charge in [-0.25, -0.2) is 8.42 Å². The fraction of sp³-hybridized carbons (Fsp3) is 0.368. The largest absolute Gasteiger partial charge is 0.497 e. The van der Waals surface area contributed by atoms with Crippen molar-refractivity contribution in [3.63, 3.8) is 0 Å². The van der Waals surface area contributed by atoms with Crippen molar-refractivity contribution in [2.45, 2.75) is 10.9 Å². The third kappa shape index (κ3) is 3.56. The number of piperazine rings is 1. The Kier molecular flexibility index (Phi) is 5.50. The predicted molar refractivity (Wildman–Crippen MR) is 100 cm³/mol. The molecule has 0 amide bonds. The average molecular weight is 376 g/mol. The van der Waals surface area contributed by atoms with Crippen molar-refractivity contribution in [1.29, 1.82) is 0 Å². The van der Waals surface area contributed by atoms with Crippen LogP contribution < -0.4 is 9.47 Å². The third-order valence-electron chi connectivity index (χ3n) is 4.78. The van der Waals surface area contributed by atoms with Crippen LogP contribution in [-0.2, 0) is 10.0 Å². The van der Waals surface area contributed by atoms with Crippen molar-refractivity contribution in [2.75, 3.05) is 40.9 Å². The molecule has 1 saturated heterocycles. The van der Waals surface area contributed by atoms with Crippen molar-refractivity contribution in [3.8, 4) is 11.5 Å². The summed E-state index contributed by atoms with van der Waals surface area (Å²) in [6.07, 6.45) is 0. The van der Waals surface area contributed by atoms with Gasteiger partial charge in [0.25, 0.3) is 0 Å². The van der Waals surface area contributed by atoms with Crippen molar-refractivity contribution in [2.24, 2.45) is 0 Å². The van der Waals surface area contributed by atoms with Crippen LogP contribution in [0.3, 0.4) is 0 Å². The van der Waals surface area contributed by atoms with E-state index in [-0.39, 0.29) is 10.9 Å². The van der Waals surface area contributed by atoms with Gasteiger partial charge in [-0.3, -0.25) is 4.90 Å². The van der Waals surface area contributed by atoms with Gasteiger partial charge in [0.15, 0.2) is 0 Å². The van der Waals surface area contributed by atoms with Gasteiger partial charge < -0.3 is 9.47 Å². The highest BCUT2D eigenvalue weighted by atomic mass is 32.2. The minimum absolute atomic E-state index is 0.0176. The maximum atomic E-state index is 13.2. The Morgan fingerprint density at radius 2 is 1.73 bits per heavy atom. The number of methoxy groups -OCH3 is 2. The molecule has 1 atom stereocenters. The molecule has 3 rings (SSSR count). The lowest BCUT2D eigenvalue weighted by Crippen LogP contribution is -2.48. The SMILES string of the molecule is COc1ccc(S(=O)(=O)N2CCN(C)C(c3ccccc3)C2)c(OC)c1. The van der Waals surface area contributed by atoms with Crippen LogP contribution in [-0.4, -0.2) is 58.5 Å². The number of likely N-dealkylation sites (N-methyl/N-ethyl adjacent to an activating group) is 1. The Labute approximate surface area is 155 Å². The van der Waals surface area contributed by atoms with E-state index in [4.69, 9.17) is 9.47 Å². The zero-order valence-corrected chi connectivity index (χ0v) is 16.1. The van der Waals surface area contributed by atoms with Gasteiger partial charge in [-0.15, -0.1) is 0 Å². The Bertz CT molecular complexity index is 855. The maximum Gasteiger partial charge on any atom is 0.246 e. The molecule has 1 unspecified atom stereocenters. The highest BCUT2D eigenvalue weighted by Gasteiger charge is 2.35. The fourth-order valence-electron chi connectivity index (χ4n) is 3.23. The molecule has 7 heteroatoms. The Morgan fingerprint density at radius 3 is 2.38 bits per heavy atom. The summed E-state index contributed by atoms with van der Waals surface area (Å²) in [6.45, 7) is 1.51. The Hall–Kier alpha value is -2.09. The second-order valence-corrected chi connectivity index (χ2v) is 8.19. The lowest BCUT2D eigenvalue weighted by molar-refractivity contribution is 0.148. The summed E-state index contributed by atoms with van der Waals surface area (Å²) < 4.78 is 38.5. The molecule has 2 aromatic carbocycles. The minimum atomic E-state index is -3.67. The summed E-state index contributed by atoms with van der Waals surface area (Å²) in [4.78, 5) is 2.35. The zero-order chi connectivity index (χ0) is 18.7. The first kappa shape index (κ1) is 18.7. The van der Waals surface area contributed by atoms with E-state index >= 15 is 0 Å². The molecular weight excluding hydrogens is 352 g/mol. The van der Waals surface area contributed by atoms with Gasteiger partial charge in [0.05, 0.1) is 14.2 Å². The van der Waals surface area contributed by atoms with Crippen molar-refractivity contribution < 1.29 is 17.9 Å². The molecule has 1 aliphatic heterocycles. The van der Waals surface area contributed by atoms with Crippen molar-refractivity contribution in [3.05, 3.63) is 54.1 Å². The lowest BCUT2D eigenvalue weighted by Gasteiger charge is -2.39. The molecule has 0 N–H and O–H groups in total. The first-order valence-corrected chi connectivity index (χ1v) is 9.88. The molecule has 0 spiro atoms. The molecule has 0 bridgehead atoms. The first-order valence-electron chi connectivity index (χ1n) is 8.44. The van der Waals surface area contributed by atoms with Gasteiger partial charge in [-0.1, -0.05) is 30.3 Å². The van der Waals surface area contributed by atoms with Crippen LogP contribution in [0.15, 0.2) is 53.4 Å². The van der Waals surface area contributed by atoms with E-state index in [0.29, 0.717) is 31.1 Å². The van der Waals surface area contributed by atoms with Gasteiger partial charge in [0.1, 0.15) is 16.4 Å². The molecule has 26 heavy (non-hydrogen) atoms. The van der Waals surface area contributed by atoms with Gasteiger partial charge in [0.2, 0.25) is 10.0 Å². The number of benzene rings is 2. The van der Waals surface area contributed by atoms with Crippen LogP contribution in [0, 0.1) is 0 Å². The predicted octanol–water partition coefficient (Wildman–Crippen LogP) is 2.38. The van der Waals surface area contributed by atoms with Crippen molar-refractivity contribution >= 4 is 10.0 Å². The monoisotopic (exact) mass is 376 g/mol. The summed E-state index contributed by atoms with van der Waals surface area (Å²) in [5.41, 5.74) is 1.11. The molecule has 0 aromatic heterocycles. The van der Waals surface area contributed by atoms with Crippen LogP contribution in [0.4, 0.5) is 0 Å². The molecule has 140 valence electrons. The average Bonchev–Trinajstić information content (AvgIpc) is 2.68. The van der Waals surface area contributed by atoms with Crippen molar-refractivity contribution in [1.82, 2.24) is 9.21 Å². The summed E-state index contributed by atoms with van der Waals surface area (Å²) >= 11 is 0. The normalized spacial score (nSPS) is 19.3. The summed E-state index contributed by atoms with van der Waals surface area (Å²) in [5, 5.41) is 0. The van der Waals surface area contributed by atoms with E-state index < -0.39 is 10.0 Å². The number of rotatable bonds is 5. The van der Waals surface area contributed by atoms with Crippen LogP contribution in [0.1, 0.15) is 11.6 Å². The van der Waals surface area contributed by atoms with Gasteiger partial charge >= 0.3 is 0 Å². The second kappa shape index (κ2) is 7.65. The van der Waals surface area contributed by atoms with Gasteiger partial charge in [0, 0.05) is 31.7 Å². The lowest BCUT2D eigenvalue weighted by atomic mass is 10.0. The zero-order valence-electron chi connectivity index (χ0n) is 15.3. The summed E-state index contributed by atoms with van der Waals surface area (Å²) in [7, 11) is 1.35. The van der Waals surface area contributed by atoms with Crippen LogP contribution >= 0.6 is 0 Å². The van der Waals surface area contributed by atoms with E-state index in [2.05, 4.69) is 4.90 Å². The first-order chi connectivity index (χ1) is 12.5. The number of sulfonamides is 1. The van der Waals surface area contributed by atoms with Gasteiger partial charge in [-0.05, 0) is 24.7 Å². The fourth-order valence-corrected chi connectivity index (χ4v) is 4.80. The number of ether oxygens (including phenoxy) is 2. The van der Waals surface area contributed by atoms with E-state index in [1.165, 1.54) is 18.5 Å². The maximum absolute atomic E-state index is 13.2. The molecule has 0 aliphatic carbocycles. The second-order valence-electron chi connectivity index (χ2n) is 6.29. The van der Waals surface area contributed by atoms with Crippen LogP contribution in [0.25, 0.3) is 0 Å². The number of hydrogen-bond acceptors (Lipinski definition) is 5. The highest BCUT2D eigenvalue weighted by molar-refractivity contribution is 7.89. The number of hydrogen-bond donors (Lipinski definition) is 0. The molecule has 1 aliphatic rings. The molecule has 6 nitrogen and oxygen atoms in total. The van der Waals surface area contributed by atoms with E-state index in [0.717, 1.165) is 5.56 Å². The molecule has 0 saturated carbocycles. The molecular formula is C19H24N2O4S. The van der Waals surface area contributed by atoms with Crippen LogP contribution in [0.5, 0.6) is 11.5 Å². The standard InChI is InChI=1S/C19H24N2O4S/c1-20-11-12-21(14-17(20)15-7-5-4-6-8-15)26(22,23)19-10-9-16(24-2)13-18(19)25-3/h4-10,13,17H,11-12,14H2,1-3H3. The van der Waals surface area contributed by atoms with E-state index in [9.17, 15) is 8.42 Å². The van der Waals surface area contributed by atoms with Gasteiger partial charge in [-0.2, -0.15) is 4.31 Å². The molecule has 0 radical (unpaired) electrons. The highest BCUT2D eigenvalue weighted by Crippen LogP contribution is 2.33. The summed E-state index contributed by atoms with van der Waals surface area (Å²) in [5.74, 6) is 0.848. The molecule has 1 fully saturated rings. The smallest absolute Gasteiger partial charge is 0.246 e. The van der Waals surface area contributed by atoms with E-state index in [1.807, 2.05) is 37.4 Å². The van der Waals surface area contributed by atoms with Crippen LogP contribution in [0.2, 0.25) is 0 Å². The molecule has 2 aromatic rings. The quantitative estimate of drug-likeness (QED) is 0.802. The molecule has 1 heterocycles. The Balaban J connectivity index is 1.92.